The summed E-state index contributed by atoms with van der Waals surface area (Å²) in [5.41, 5.74) is 3.04. The zero-order valence-electron chi connectivity index (χ0n) is 12.2. The number of hydrogen-bond acceptors (Lipinski definition) is 2. The molecule has 0 saturated carbocycles. The Kier molecular flexibility index (Phi) is 4.36. The smallest absolute Gasteiger partial charge is 0.179 e. The zero-order valence-corrected chi connectivity index (χ0v) is 13.0. The first-order valence-electron chi connectivity index (χ1n) is 6.93. The number of Topliss-reactive ketones (excluding diaryl/α,β-unsaturated/α-hetero) is 1. The number of alkyl halides is 1. The molecule has 2 heterocycles. The van der Waals surface area contributed by atoms with Crippen molar-refractivity contribution in [1.82, 2.24) is 9.47 Å². The van der Waals surface area contributed by atoms with E-state index in [1.54, 1.807) is 0 Å². The van der Waals surface area contributed by atoms with Crippen LogP contribution in [0, 0.1) is 13.8 Å². The Bertz CT molecular complexity index is 481. The summed E-state index contributed by atoms with van der Waals surface area (Å²) in [6, 6.07) is 3.08. The number of aromatic nitrogens is 1. The van der Waals surface area contributed by atoms with Crippen LogP contribution in [0.1, 0.15) is 47.6 Å². The van der Waals surface area contributed by atoms with Gasteiger partial charge in [-0.3, -0.25) is 4.79 Å². The number of ketones is 1. The molecule has 0 radical (unpaired) electrons. The van der Waals surface area contributed by atoms with Crippen LogP contribution in [0.25, 0.3) is 0 Å². The van der Waals surface area contributed by atoms with Crippen molar-refractivity contribution in [3.63, 3.8) is 0 Å². The number of carbonyl (C=O) groups is 1. The second-order valence-corrected chi connectivity index (χ2v) is 5.99. The van der Waals surface area contributed by atoms with Crippen LogP contribution in [0.15, 0.2) is 6.07 Å². The quantitative estimate of drug-likeness (QED) is 0.628. The molecular weight excluding hydrogens is 260 g/mol. The van der Waals surface area contributed by atoms with E-state index >= 15 is 0 Å². The van der Waals surface area contributed by atoms with Gasteiger partial charge < -0.3 is 9.47 Å². The number of piperidine rings is 1. The van der Waals surface area contributed by atoms with E-state index in [9.17, 15) is 4.79 Å². The molecule has 1 aromatic heterocycles. The fraction of sp³-hybridized carbons (Fsp3) is 0.667. The van der Waals surface area contributed by atoms with E-state index in [0.717, 1.165) is 30.6 Å². The normalized spacial score (nSPS) is 24.7. The molecule has 1 fully saturated rings. The summed E-state index contributed by atoms with van der Waals surface area (Å²) in [5.74, 6) is 0.0932. The van der Waals surface area contributed by atoms with Gasteiger partial charge in [-0.15, -0.1) is 11.6 Å². The summed E-state index contributed by atoms with van der Waals surface area (Å²) >= 11 is 5.68. The summed E-state index contributed by atoms with van der Waals surface area (Å²) in [5, 5.41) is 0. The van der Waals surface area contributed by atoms with Crippen LogP contribution >= 0.6 is 11.6 Å². The van der Waals surface area contributed by atoms with Gasteiger partial charge in [0.2, 0.25) is 0 Å². The molecule has 0 bridgehead atoms. The molecule has 2 atom stereocenters. The second kappa shape index (κ2) is 5.68. The van der Waals surface area contributed by atoms with Crippen molar-refractivity contribution in [2.45, 2.75) is 45.7 Å². The van der Waals surface area contributed by atoms with E-state index in [0.29, 0.717) is 12.1 Å². The van der Waals surface area contributed by atoms with E-state index in [-0.39, 0.29) is 11.7 Å². The first kappa shape index (κ1) is 14.6. The average molecular weight is 283 g/mol. The second-order valence-electron chi connectivity index (χ2n) is 5.72. The largest absolute Gasteiger partial charge is 0.345 e. The minimum Gasteiger partial charge on any atom is -0.345 e. The van der Waals surface area contributed by atoms with Gasteiger partial charge in [0.05, 0.1) is 5.88 Å². The van der Waals surface area contributed by atoms with Crippen molar-refractivity contribution in [3.8, 4) is 0 Å². The van der Waals surface area contributed by atoms with E-state index in [4.69, 9.17) is 11.6 Å². The average Bonchev–Trinajstić information content (AvgIpc) is 2.68. The third-order valence-electron chi connectivity index (χ3n) is 4.45. The van der Waals surface area contributed by atoms with Crippen LogP contribution in [0.4, 0.5) is 0 Å². The van der Waals surface area contributed by atoms with E-state index in [1.165, 1.54) is 5.69 Å². The summed E-state index contributed by atoms with van der Waals surface area (Å²) < 4.78 is 2.34. The van der Waals surface area contributed by atoms with E-state index < -0.39 is 0 Å². The van der Waals surface area contributed by atoms with Crippen molar-refractivity contribution < 1.29 is 4.79 Å². The van der Waals surface area contributed by atoms with Crippen LogP contribution in [-0.2, 0) is 0 Å². The lowest BCUT2D eigenvalue weighted by molar-refractivity contribution is 0.102. The molecule has 0 amide bonds. The Morgan fingerprint density at radius 3 is 2.74 bits per heavy atom. The highest BCUT2D eigenvalue weighted by atomic mass is 35.5. The van der Waals surface area contributed by atoms with Gasteiger partial charge in [0.25, 0.3) is 0 Å². The summed E-state index contributed by atoms with van der Waals surface area (Å²) in [6.07, 6.45) is 2.28. The molecule has 2 unspecified atom stereocenters. The van der Waals surface area contributed by atoms with E-state index in [2.05, 4.69) is 30.4 Å². The minimum atomic E-state index is 0.0296. The summed E-state index contributed by atoms with van der Waals surface area (Å²) in [6.45, 7) is 7.50. The predicted octanol–water partition coefficient (Wildman–Crippen LogP) is 3.18. The van der Waals surface area contributed by atoms with E-state index in [1.807, 2.05) is 13.0 Å². The lowest BCUT2D eigenvalue weighted by Crippen LogP contribution is -2.38. The van der Waals surface area contributed by atoms with Crippen molar-refractivity contribution >= 4 is 17.4 Å². The SMILES string of the molecule is Cc1cc(C(=O)CCl)c(C)n1C1CCN(C)C(C)C1. The standard InChI is InChI=1S/C15H23ClN2O/c1-10-7-13(5-6-17(10)4)18-11(2)8-14(12(18)3)15(19)9-16/h8,10,13H,5-7,9H2,1-4H3. The molecule has 1 aromatic rings. The number of aryl methyl sites for hydroxylation is 1. The van der Waals surface area contributed by atoms with Crippen LogP contribution in [-0.4, -0.2) is 40.8 Å². The third kappa shape index (κ3) is 2.72. The van der Waals surface area contributed by atoms with Crippen LogP contribution in [0.5, 0.6) is 0 Å². The number of rotatable bonds is 3. The molecule has 0 N–H and O–H groups in total. The highest BCUT2D eigenvalue weighted by Gasteiger charge is 2.27. The topological polar surface area (TPSA) is 25.2 Å². The Labute approximate surface area is 120 Å². The van der Waals surface area contributed by atoms with Crippen molar-refractivity contribution in [2.24, 2.45) is 0 Å². The third-order valence-corrected chi connectivity index (χ3v) is 4.69. The fourth-order valence-electron chi connectivity index (χ4n) is 3.19. The van der Waals surface area contributed by atoms with Gasteiger partial charge in [-0.25, -0.2) is 0 Å². The molecule has 1 aliphatic heterocycles. The van der Waals surface area contributed by atoms with Gasteiger partial charge in [0.15, 0.2) is 5.78 Å². The van der Waals surface area contributed by atoms with Crippen molar-refractivity contribution in [3.05, 3.63) is 23.0 Å². The molecule has 4 heteroatoms. The Morgan fingerprint density at radius 1 is 1.47 bits per heavy atom. The molecule has 0 aliphatic carbocycles. The van der Waals surface area contributed by atoms with Gasteiger partial charge in [0, 0.05) is 35.6 Å². The van der Waals surface area contributed by atoms with Gasteiger partial charge in [-0.1, -0.05) is 0 Å². The lowest BCUT2D eigenvalue weighted by atomic mass is 9.98. The molecule has 1 saturated heterocycles. The number of halogens is 1. The fourth-order valence-corrected chi connectivity index (χ4v) is 3.34. The first-order valence-corrected chi connectivity index (χ1v) is 7.47. The summed E-state index contributed by atoms with van der Waals surface area (Å²) in [7, 11) is 2.18. The Hall–Kier alpha value is -0.800. The molecule has 3 nitrogen and oxygen atoms in total. The molecule has 2 rings (SSSR count). The van der Waals surface area contributed by atoms with Crippen molar-refractivity contribution in [1.29, 1.82) is 0 Å². The molecule has 106 valence electrons. The minimum absolute atomic E-state index is 0.0296. The maximum Gasteiger partial charge on any atom is 0.179 e. The maximum atomic E-state index is 11.8. The van der Waals surface area contributed by atoms with Gasteiger partial charge in [-0.05, 0) is 46.7 Å². The first-order chi connectivity index (χ1) is 8.95. The Balaban J connectivity index is 2.30. The Morgan fingerprint density at radius 2 is 2.16 bits per heavy atom. The van der Waals surface area contributed by atoms with Crippen molar-refractivity contribution in [2.75, 3.05) is 19.5 Å². The predicted molar refractivity (Wildman–Crippen MR) is 79.3 cm³/mol. The monoisotopic (exact) mass is 282 g/mol. The highest BCUT2D eigenvalue weighted by molar-refractivity contribution is 6.30. The zero-order chi connectivity index (χ0) is 14.2. The molecule has 1 aliphatic rings. The van der Waals surface area contributed by atoms with Crippen LogP contribution < -0.4 is 0 Å². The number of nitrogens with zero attached hydrogens (tertiary/aromatic N) is 2. The van der Waals surface area contributed by atoms with Gasteiger partial charge in [-0.2, -0.15) is 0 Å². The number of carbonyl (C=O) groups excluding carboxylic acids is 1. The lowest BCUT2D eigenvalue weighted by Gasteiger charge is -2.37. The molecular formula is C15H23ClN2O. The summed E-state index contributed by atoms with van der Waals surface area (Å²) in [4.78, 5) is 14.2. The molecule has 0 spiro atoms. The molecule has 19 heavy (non-hydrogen) atoms. The van der Waals surface area contributed by atoms with Gasteiger partial charge in [0.1, 0.15) is 0 Å². The van der Waals surface area contributed by atoms with Gasteiger partial charge >= 0.3 is 0 Å². The maximum absolute atomic E-state index is 11.8. The van der Waals surface area contributed by atoms with Crippen LogP contribution in [0.3, 0.4) is 0 Å². The number of likely N-dealkylation sites (tertiary alicyclic amines) is 1. The van der Waals surface area contributed by atoms with Crippen LogP contribution in [0.2, 0.25) is 0 Å². The number of hydrogen-bond donors (Lipinski definition) is 0. The highest BCUT2D eigenvalue weighted by Crippen LogP contribution is 2.30. The molecule has 0 aromatic carbocycles.